The molecule has 0 aliphatic rings. The largest absolute Gasteiger partial charge is 0.355 e. The molecule has 1 atom stereocenters. The monoisotopic (exact) mass is 497 g/mol. The molecule has 0 spiro atoms. The highest BCUT2D eigenvalue weighted by atomic mass is 35.5. The molecule has 0 aliphatic carbocycles. The van der Waals surface area contributed by atoms with Crippen LogP contribution in [0, 0.1) is 5.82 Å². The minimum atomic E-state index is -3.90. The van der Waals surface area contributed by atoms with E-state index >= 15 is 0 Å². The number of halogens is 2. The van der Waals surface area contributed by atoms with Gasteiger partial charge in [0.1, 0.15) is 18.4 Å². The zero-order valence-electron chi connectivity index (χ0n) is 18.9. The van der Waals surface area contributed by atoms with E-state index in [4.69, 9.17) is 11.6 Å². The van der Waals surface area contributed by atoms with Gasteiger partial charge in [-0.05, 0) is 43.5 Å². The van der Waals surface area contributed by atoms with Crippen molar-refractivity contribution >= 4 is 39.1 Å². The summed E-state index contributed by atoms with van der Waals surface area (Å²) in [6, 6.07) is 12.1. The minimum absolute atomic E-state index is 0.0614. The van der Waals surface area contributed by atoms with Crippen LogP contribution in [0.2, 0.25) is 5.02 Å². The molecule has 0 saturated heterocycles. The first-order valence-electron chi connectivity index (χ1n) is 10.6. The number of amides is 2. The van der Waals surface area contributed by atoms with E-state index in [9.17, 15) is 22.4 Å². The van der Waals surface area contributed by atoms with Gasteiger partial charge in [-0.2, -0.15) is 0 Å². The lowest BCUT2D eigenvalue weighted by molar-refractivity contribution is -0.139. The van der Waals surface area contributed by atoms with E-state index in [-0.39, 0.29) is 23.2 Å². The van der Waals surface area contributed by atoms with Gasteiger partial charge < -0.3 is 10.2 Å². The summed E-state index contributed by atoms with van der Waals surface area (Å²) in [5, 5.41) is 2.47. The van der Waals surface area contributed by atoms with Gasteiger partial charge in [-0.15, -0.1) is 0 Å². The Balaban J connectivity index is 2.36. The Morgan fingerprint density at radius 1 is 1.12 bits per heavy atom. The number of hydrogen-bond donors (Lipinski definition) is 1. The minimum Gasteiger partial charge on any atom is -0.355 e. The molecule has 0 aliphatic heterocycles. The SMILES string of the molecule is CCNC(=O)C(CC)N(CCc1ccccc1)C(=O)CN(c1ccc(F)c(Cl)c1)S(C)(=O)=O. The molecule has 180 valence electrons. The number of nitrogens with zero attached hydrogens (tertiary/aromatic N) is 2. The predicted molar refractivity (Wildman–Crippen MR) is 128 cm³/mol. The quantitative estimate of drug-likeness (QED) is 0.516. The van der Waals surface area contributed by atoms with Crippen LogP contribution in [0.25, 0.3) is 0 Å². The van der Waals surface area contributed by atoms with Crippen molar-refractivity contribution in [2.24, 2.45) is 0 Å². The molecule has 1 N–H and O–H groups in total. The lowest BCUT2D eigenvalue weighted by Crippen LogP contribution is -2.53. The van der Waals surface area contributed by atoms with E-state index in [1.807, 2.05) is 30.3 Å². The summed E-state index contributed by atoms with van der Waals surface area (Å²) in [6.07, 6.45) is 1.80. The molecule has 2 aromatic rings. The second kappa shape index (κ2) is 12.0. The van der Waals surface area contributed by atoms with Crippen LogP contribution in [0.1, 0.15) is 25.8 Å². The second-order valence-corrected chi connectivity index (χ2v) is 9.82. The van der Waals surface area contributed by atoms with E-state index in [0.717, 1.165) is 28.3 Å². The van der Waals surface area contributed by atoms with E-state index in [0.29, 0.717) is 19.4 Å². The van der Waals surface area contributed by atoms with Crippen LogP contribution in [-0.2, 0) is 26.0 Å². The number of anilines is 1. The number of carbonyl (C=O) groups excluding carboxylic acids is 2. The number of nitrogens with one attached hydrogen (secondary N) is 1. The zero-order chi connectivity index (χ0) is 24.6. The maximum absolute atomic E-state index is 13.6. The summed E-state index contributed by atoms with van der Waals surface area (Å²) in [6.45, 7) is 3.65. The second-order valence-electron chi connectivity index (χ2n) is 7.51. The Labute approximate surface area is 199 Å². The Morgan fingerprint density at radius 2 is 1.79 bits per heavy atom. The molecule has 2 rings (SSSR count). The normalized spacial score (nSPS) is 12.2. The fourth-order valence-corrected chi connectivity index (χ4v) is 4.46. The molecule has 1 unspecified atom stereocenters. The molecule has 0 fully saturated rings. The zero-order valence-corrected chi connectivity index (χ0v) is 20.5. The summed E-state index contributed by atoms with van der Waals surface area (Å²) in [7, 11) is -3.90. The van der Waals surface area contributed by atoms with Gasteiger partial charge in [0.2, 0.25) is 21.8 Å². The summed E-state index contributed by atoms with van der Waals surface area (Å²) in [5.41, 5.74) is 1.04. The number of rotatable bonds is 11. The van der Waals surface area contributed by atoms with Gasteiger partial charge in [-0.3, -0.25) is 13.9 Å². The van der Waals surface area contributed by atoms with Gasteiger partial charge in [0.15, 0.2) is 0 Å². The lowest BCUT2D eigenvalue weighted by Gasteiger charge is -2.32. The Morgan fingerprint density at radius 3 is 2.33 bits per heavy atom. The maximum atomic E-state index is 13.6. The van der Waals surface area contributed by atoms with Crippen molar-refractivity contribution < 1.29 is 22.4 Å². The molecular weight excluding hydrogens is 469 g/mol. The molecular formula is C23H29ClFN3O4S. The average Bonchev–Trinajstić information content (AvgIpc) is 2.76. The highest BCUT2D eigenvalue weighted by molar-refractivity contribution is 7.92. The highest BCUT2D eigenvalue weighted by Crippen LogP contribution is 2.25. The van der Waals surface area contributed by atoms with E-state index in [1.165, 1.54) is 11.0 Å². The van der Waals surface area contributed by atoms with E-state index in [2.05, 4.69) is 5.32 Å². The van der Waals surface area contributed by atoms with Crippen LogP contribution in [-0.4, -0.2) is 57.1 Å². The fourth-order valence-electron chi connectivity index (χ4n) is 3.44. The van der Waals surface area contributed by atoms with Crippen molar-refractivity contribution in [1.29, 1.82) is 0 Å². The molecule has 10 heteroatoms. The third-order valence-corrected chi connectivity index (χ3v) is 6.52. The van der Waals surface area contributed by atoms with Crippen molar-refractivity contribution in [3.63, 3.8) is 0 Å². The van der Waals surface area contributed by atoms with Crippen LogP contribution >= 0.6 is 11.6 Å². The molecule has 2 amide bonds. The molecule has 0 heterocycles. The molecule has 0 aromatic heterocycles. The Bertz CT molecular complexity index is 1070. The van der Waals surface area contributed by atoms with Crippen LogP contribution in [0.5, 0.6) is 0 Å². The summed E-state index contributed by atoms with van der Waals surface area (Å²) >= 11 is 5.83. The Hall–Kier alpha value is -2.65. The number of likely N-dealkylation sites (N-methyl/N-ethyl adjacent to an activating group) is 1. The van der Waals surface area contributed by atoms with Gasteiger partial charge in [0.25, 0.3) is 0 Å². The van der Waals surface area contributed by atoms with Crippen LogP contribution in [0.3, 0.4) is 0 Å². The van der Waals surface area contributed by atoms with Crippen molar-refractivity contribution in [3.05, 3.63) is 64.9 Å². The third-order valence-electron chi connectivity index (χ3n) is 5.09. The molecule has 0 saturated carbocycles. The summed E-state index contributed by atoms with van der Waals surface area (Å²) in [4.78, 5) is 27.5. The molecule has 7 nitrogen and oxygen atoms in total. The van der Waals surface area contributed by atoms with Gasteiger partial charge >= 0.3 is 0 Å². The van der Waals surface area contributed by atoms with Crippen molar-refractivity contribution in [2.45, 2.75) is 32.7 Å². The van der Waals surface area contributed by atoms with Crippen LogP contribution in [0.4, 0.5) is 10.1 Å². The predicted octanol–water partition coefficient (Wildman–Crippen LogP) is 3.23. The van der Waals surface area contributed by atoms with E-state index in [1.54, 1.807) is 13.8 Å². The maximum Gasteiger partial charge on any atom is 0.244 e. The first-order chi connectivity index (χ1) is 15.6. The molecule has 2 aromatic carbocycles. The highest BCUT2D eigenvalue weighted by Gasteiger charge is 2.31. The summed E-state index contributed by atoms with van der Waals surface area (Å²) < 4.78 is 39.4. The molecule has 0 radical (unpaired) electrons. The van der Waals surface area contributed by atoms with Crippen LogP contribution < -0.4 is 9.62 Å². The van der Waals surface area contributed by atoms with Crippen LogP contribution in [0.15, 0.2) is 48.5 Å². The van der Waals surface area contributed by atoms with Gasteiger partial charge in [-0.1, -0.05) is 48.9 Å². The van der Waals surface area contributed by atoms with Gasteiger partial charge in [0.05, 0.1) is 17.0 Å². The lowest BCUT2D eigenvalue weighted by atomic mass is 10.1. The van der Waals surface area contributed by atoms with Crippen molar-refractivity contribution in [3.8, 4) is 0 Å². The molecule has 0 bridgehead atoms. The average molecular weight is 498 g/mol. The van der Waals surface area contributed by atoms with E-state index < -0.39 is 34.3 Å². The van der Waals surface area contributed by atoms with Gasteiger partial charge in [-0.25, -0.2) is 12.8 Å². The number of hydrogen-bond acceptors (Lipinski definition) is 4. The number of carbonyl (C=O) groups is 2. The van der Waals surface area contributed by atoms with Crippen molar-refractivity contribution in [2.75, 3.05) is 30.2 Å². The Kier molecular flexibility index (Phi) is 9.67. The van der Waals surface area contributed by atoms with Crippen molar-refractivity contribution in [1.82, 2.24) is 10.2 Å². The first kappa shape index (κ1) is 26.6. The third kappa shape index (κ3) is 7.43. The molecule has 33 heavy (non-hydrogen) atoms. The number of benzene rings is 2. The smallest absolute Gasteiger partial charge is 0.244 e. The number of sulfonamides is 1. The topological polar surface area (TPSA) is 86.8 Å². The standard InChI is InChI=1S/C23H29ClFN3O4S/c1-4-21(23(30)26-5-2)27(14-13-17-9-7-6-8-10-17)22(29)16-28(33(3,31)32)18-11-12-20(25)19(24)15-18/h6-12,15,21H,4-5,13-14,16H2,1-3H3,(H,26,30). The first-order valence-corrected chi connectivity index (χ1v) is 12.8. The summed E-state index contributed by atoms with van der Waals surface area (Å²) in [5.74, 6) is -1.56. The fraction of sp³-hybridized carbons (Fsp3) is 0.391. The van der Waals surface area contributed by atoms with Gasteiger partial charge in [0, 0.05) is 13.1 Å².